The summed E-state index contributed by atoms with van der Waals surface area (Å²) in [5, 5.41) is 0.319. The Bertz CT molecular complexity index is 554. The van der Waals surface area contributed by atoms with E-state index in [1.165, 1.54) is 0 Å². The third-order valence-electron chi connectivity index (χ3n) is 6.62. The summed E-state index contributed by atoms with van der Waals surface area (Å²) in [4.78, 5) is 12.1. The van der Waals surface area contributed by atoms with Crippen LogP contribution in [0.1, 0.15) is 68.7 Å². The first-order chi connectivity index (χ1) is 12.9. The van der Waals surface area contributed by atoms with Gasteiger partial charge in [-0.2, -0.15) is 0 Å². The number of ether oxygens (including phenoxy) is 1. The highest BCUT2D eigenvalue weighted by atomic mass is 28.4. The zero-order valence-electron chi connectivity index (χ0n) is 21.5. The van der Waals surface area contributed by atoms with Gasteiger partial charge in [0.1, 0.15) is 0 Å². The summed E-state index contributed by atoms with van der Waals surface area (Å²) in [6, 6.07) is 0. The smallest absolute Gasteiger partial charge is 0.333 e. The van der Waals surface area contributed by atoms with Crippen LogP contribution >= 0.6 is 0 Å². The third kappa shape index (κ3) is 9.07. The predicted octanol–water partition coefficient (Wildman–Crippen LogP) is 6.93. The van der Waals surface area contributed by atoms with Gasteiger partial charge in [-0.15, -0.1) is 0 Å². The van der Waals surface area contributed by atoms with E-state index in [9.17, 15) is 4.79 Å². The van der Waals surface area contributed by atoms with Gasteiger partial charge in [0.2, 0.25) is 0 Å². The van der Waals surface area contributed by atoms with E-state index >= 15 is 0 Å². The number of carbonyl (C=O) groups is 1. The normalized spacial score (nSPS) is 16.5. The molecular formula is C23H48O4Si2. The van der Waals surface area contributed by atoms with Crippen molar-refractivity contribution in [3.8, 4) is 0 Å². The molecule has 0 rings (SSSR count). The van der Waals surface area contributed by atoms with Crippen LogP contribution in [0.5, 0.6) is 0 Å². The Morgan fingerprint density at radius 2 is 1.45 bits per heavy atom. The van der Waals surface area contributed by atoms with Crippen molar-refractivity contribution >= 4 is 22.6 Å². The summed E-state index contributed by atoms with van der Waals surface area (Å²) in [6.45, 7) is 29.5. The molecule has 0 aliphatic heterocycles. The molecule has 0 aliphatic carbocycles. The minimum absolute atomic E-state index is 0.0186. The maximum Gasteiger partial charge on any atom is 0.333 e. The molecular weight excluding hydrogens is 396 g/mol. The number of hydrogen-bond acceptors (Lipinski definition) is 4. The zero-order chi connectivity index (χ0) is 23.3. The molecule has 0 fully saturated rings. The van der Waals surface area contributed by atoms with E-state index in [0.717, 1.165) is 6.42 Å². The molecule has 172 valence electrons. The Hall–Kier alpha value is -0.436. The molecule has 0 unspecified atom stereocenters. The fourth-order valence-corrected chi connectivity index (χ4v) is 4.95. The number of hydrogen-bond donors (Lipinski definition) is 0. The van der Waals surface area contributed by atoms with Crippen LogP contribution in [-0.2, 0) is 18.4 Å². The van der Waals surface area contributed by atoms with Crippen LogP contribution in [0.2, 0.25) is 36.3 Å². The third-order valence-corrected chi connectivity index (χ3v) is 15.7. The van der Waals surface area contributed by atoms with E-state index < -0.39 is 16.6 Å². The van der Waals surface area contributed by atoms with Crippen LogP contribution < -0.4 is 0 Å². The second-order valence-electron chi connectivity index (χ2n) is 11.2. The highest BCUT2D eigenvalue weighted by Gasteiger charge is 2.41. The highest BCUT2D eigenvalue weighted by Crippen LogP contribution is 2.39. The Labute approximate surface area is 183 Å². The van der Waals surface area contributed by atoms with Crippen LogP contribution in [0.15, 0.2) is 11.6 Å². The predicted molar refractivity (Wildman–Crippen MR) is 129 cm³/mol. The molecule has 0 saturated carbocycles. The van der Waals surface area contributed by atoms with Crippen molar-refractivity contribution in [2.75, 3.05) is 13.2 Å². The summed E-state index contributed by atoms with van der Waals surface area (Å²) < 4.78 is 18.4. The van der Waals surface area contributed by atoms with E-state index in [4.69, 9.17) is 13.6 Å². The monoisotopic (exact) mass is 444 g/mol. The molecule has 6 heteroatoms. The Kier molecular flexibility index (Phi) is 10.6. The van der Waals surface area contributed by atoms with Gasteiger partial charge in [-0.05, 0) is 62.5 Å². The summed E-state index contributed by atoms with van der Waals surface area (Å²) in [5.74, 6) is -0.139. The lowest BCUT2D eigenvalue weighted by Crippen LogP contribution is -2.46. The second-order valence-corrected chi connectivity index (χ2v) is 20.8. The quantitative estimate of drug-likeness (QED) is 0.208. The minimum Gasteiger partial charge on any atom is -0.463 e. The fraction of sp³-hybridized carbons (Fsp3) is 0.870. The zero-order valence-corrected chi connectivity index (χ0v) is 23.5. The van der Waals surface area contributed by atoms with Crippen molar-refractivity contribution in [3.63, 3.8) is 0 Å². The molecule has 0 aromatic heterocycles. The molecule has 0 amide bonds. The van der Waals surface area contributed by atoms with E-state index in [0.29, 0.717) is 18.8 Å². The second kappa shape index (κ2) is 10.7. The first-order valence-corrected chi connectivity index (χ1v) is 16.8. The van der Waals surface area contributed by atoms with Crippen LogP contribution in [0.25, 0.3) is 0 Å². The van der Waals surface area contributed by atoms with E-state index in [1.807, 2.05) is 19.9 Å². The van der Waals surface area contributed by atoms with Crippen molar-refractivity contribution in [1.29, 1.82) is 0 Å². The summed E-state index contributed by atoms with van der Waals surface area (Å²) in [7, 11) is -3.74. The number of rotatable bonds is 10. The molecule has 29 heavy (non-hydrogen) atoms. The topological polar surface area (TPSA) is 44.8 Å². The average Bonchev–Trinajstić information content (AvgIpc) is 2.51. The molecule has 0 aliphatic rings. The molecule has 0 saturated heterocycles. The molecule has 4 nitrogen and oxygen atoms in total. The van der Waals surface area contributed by atoms with Gasteiger partial charge in [-0.1, -0.05) is 54.5 Å². The van der Waals surface area contributed by atoms with Crippen molar-refractivity contribution in [3.05, 3.63) is 11.6 Å². The van der Waals surface area contributed by atoms with Crippen LogP contribution in [0, 0.1) is 5.92 Å². The van der Waals surface area contributed by atoms with Gasteiger partial charge in [0.25, 0.3) is 0 Å². The van der Waals surface area contributed by atoms with Gasteiger partial charge in [-0.3, -0.25) is 0 Å². The molecule has 0 aromatic carbocycles. The minimum atomic E-state index is -1.95. The lowest BCUT2D eigenvalue weighted by molar-refractivity contribution is -0.138. The first-order valence-electron chi connectivity index (χ1n) is 11.0. The average molecular weight is 445 g/mol. The maximum absolute atomic E-state index is 12.1. The largest absolute Gasteiger partial charge is 0.463 e. The SMILES string of the molecule is CCOC(=O)C(C)=C[C@H](C)[C@H](CCO[Si](C)(C)C(C)(C)C)O[Si](C)(C)C(C)(C)C. The van der Waals surface area contributed by atoms with E-state index in [-0.39, 0.29) is 28.1 Å². The van der Waals surface area contributed by atoms with Crippen molar-refractivity contribution in [1.82, 2.24) is 0 Å². The first kappa shape index (κ1) is 28.6. The summed E-state index contributed by atoms with van der Waals surface area (Å²) >= 11 is 0. The molecule has 0 radical (unpaired) electrons. The Morgan fingerprint density at radius 1 is 0.966 bits per heavy atom. The van der Waals surface area contributed by atoms with Crippen LogP contribution in [0.4, 0.5) is 0 Å². The van der Waals surface area contributed by atoms with Crippen LogP contribution in [-0.4, -0.2) is 41.9 Å². The number of carbonyl (C=O) groups excluding carboxylic acids is 1. The maximum atomic E-state index is 12.1. The van der Waals surface area contributed by atoms with Gasteiger partial charge in [-0.25, -0.2) is 4.79 Å². The molecule has 0 N–H and O–H groups in total. The molecule has 0 bridgehead atoms. The number of esters is 1. The fourth-order valence-electron chi connectivity index (χ4n) is 2.45. The molecule has 0 aromatic rings. The molecule has 0 heterocycles. The lowest BCUT2D eigenvalue weighted by Gasteiger charge is -2.41. The van der Waals surface area contributed by atoms with Crippen molar-refractivity contribution in [2.24, 2.45) is 5.92 Å². The summed E-state index contributed by atoms with van der Waals surface area (Å²) in [5.41, 5.74) is 0.647. The molecule has 0 spiro atoms. The van der Waals surface area contributed by atoms with Gasteiger partial charge in [0.15, 0.2) is 16.6 Å². The summed E-state index contributed by atoms with van der Waals surface area (Å²) in [6.07, 6.45) is 2.85. The van der Waals surface area contributed by atoms with E-state index in [2.05, 4.69) is 74.7 Å². The van der Waals surface area contributed by atoms with Crippen LogP contribution in [0.3, 0.4) is 0 Å². The molecule has 2 atom stereocenters. The van der Waals surface area contributed by atoms with Gasteiger partial charge in [0.05, 0.1) is 12.7 Å². The van der Waals surface area contributed by atoms with Gasteiger partial charge >= 0.3 is 5.97 Å². The lowest BCUT2D eigenvalue weighted by atomic mass is 9.99. The van der Waals surface area contributed by atoms with Crippen molar-refractivity contribution < 1.29 is 18.4 Å². The Morgan fingerprint density at radius 3 is 1.86 bits per heavy atom. The van der Waals surface area contributed by atoms with Gasteiger partial charge in [0, 0.05) is 12.2 Å². The standard InChI is InChI=1S/C23H48O4Si2/c1-14-25-21(24)19(3)17-18(2)20(27-29(12,13)23(7,8)9)15-16-26-28(10,11)22(4,5)6/h17-18,20H,14-16H2,1-13H3/t18-,20-/m0/s1. The Balaban J connectivity index is 5.46. The van der Waals surface area contributed by atoms with Gasteiger partial charge < -0.3 is 13.6 Å². The highest BCUT2D eigenvalue weighted by molar-refractivity contribution is 6.74. The van der Waals surface area contributed by atoms with E-state index in [1.54, 1.807) is 0 Å². The van der Waals surface area contributed by atoms with Crippen molar-refractivity contribution in [2.45, 2.75) is 111 Å².